The standard InChI is InChI=1S/C15H16BrNS.ClH/c1-17(2)11-12-5-3-4-6-15(12)18-14-9-7-13(16)8-10-14;/h3-10H,11H2,1-2H3;1H. The Morgan fingerprint density at radius 1 is 1.00 bits per heavy atom. The number of nitrogens with zero attached hydrogens (tertiary/aromatic N) is 1. The second-order valence-corrected chi connectivity index (χ2v) is 6.43. The molecular weight excluding hydrogens is 342 g/mol. The predicted molar refractivity (Wildman–Crippen MR) is 89.3 cm³/mol. The average Bonchev–Trinajstić information content (AvgIpc) is 2.34. The zero-order chi connectivity index (χ0) is 13.0. The van der Waals surface area contributed by atoms with Crippen LogP contribution in [0.25, 0.3) is 0 Å². The van der Waals surface area contributed by atoms with Gasteiger partial charge in [-0.1, -0.05) is 45.9 Å². The molecule has 0 saturated heterocycles. The quantitative estimate of drug-likeness (QED) is 0.749. The molecule has 0 bridgehead atoms. The van der Waals surface area contributed by atoms with Crippen molar-refractivity contribution in [3.05, 3.63) is 58.6 Å². The molecule has 0 amide bonds. The number of rotatable bonds is 4. The second-order valence-electron chi connectivity index (χ2n) is 4.40. The Morgan fingerprint density at radius 2 is 1.63 bits per heavy atom. The average molecular weight is 359 g/mol. The molecule has 0 spiro atoms. The molecular formula is C15H17BrClNS. The van der Waals surface area contributed by atoms with E-state index < -0.39 is 0 Å². The summed E-state index contributed by atoms with van der Waals surface area (Å²) in [5.74, 6) is 0. The van der Waals surface area contributed by atoms with Crippen LogP contribution in [0.4, 0.5) is 0 Å². The number of hydrogen-bond acceptors (Lipinski definition) is 2. The van der Waals surface area contributed by atoms with Crippen LogP contribution in [0.2, 0.25) is 0 Å². The smallest absolute Gasteiger partial charge is 0.0238 e. The van der Waals surface area contributed by atoms with Gasteiger partial charge in [0.25, 0.3) is 0 Å². The van der Waals surface area contributed by atoms with Gasteiger partial charge in [-0.05, 0) is 50.0 Å². The molecule has 2 rings (SSSR count). The van der Waals surface area contributed by atoms with Crippen LogP contribution in [0, 0.1) is 0 Å². The van der Waals surface area contributed by atoms with Gasteiger partial charge < -0.3 is 4.90 Å². The summed E-state index contributed by atoms with van der Waals surface area (Å²) in [6.45, 7) is 0.972. The lowest BCUT2D eigenvalue weighted by Crippen LogP contribution is -2.11. The van der Waals surface area contributed by atoms with Crippen LogP contribution in [0.5, 0.6) is 0 Å². The molecule has 0 unspecified atom stereocenters. The highest BCUT2D eigenvalue weighted by molar-refractivity contribution is 9.10. The van der Waals surface area contributed by atoms with Crippen molar-refractivity contribution in [3.63, 3.8) is 0 Å². The molecule has 0 radical (unpaired) electrons. The van der Waals surface area contributed by atoms with Crippen molar-refractivity contribution in [2.75, 3.05) is 14.1 Å². The Hall–Kier alpha value is -0.480. The first-order chi connectivity index (χ1) is 8.65. The van der Waals surface area contributed by atoms with E-state index in [-0.39, 0.29) is 12.4 Å². The molecule has 102 valence electrons. The summed E-state index contributed by atoms with van der Waals surface area (Å²) in [6.07, 6.45) is 0. The van der Waals surface area contributed by atoms with Crippen LogP contribution in [-0.4, -0.2) is 19.0 Å². The first-order valence-corrected chi connectivity index (χ1v) is 7.42. The number of halogens is 2. The van der Waals surface area contributed by atoms with E-state index in [1.807, 2.05) is 11.8 Å². The zero-order valence-electron chi connectivity index (χ0n) is 11.0. The summed E-state index contributed by atoms with van der Waals surface area (Å²) in [4.78, 5) is 4.79. The van der Waals surface area contributed by atoms with Crippen LogP contribution < -0.4 is 0 Å². The fraction of sp³-hybridized carbons (Fsp3) is 0.200. The zero-order valence-corrected chi connectivity index (χ0v) is 14.2. The van der Waals surface area contributed by atoms with Gasteiger partial charge >= 0.3 is 0 Å². The van der Waals surface area contributed by atoms with E-state index in [1.165, 1.54) is 15.4 Å². The Labute approximate surface area is 133 Å². The molecule has 0 aliphatic rings. The summed E-state index contributed by atoms with van der Waals surface area (Å²) < 4.78 is 1.12. The lowest BCUT2D eigenvalue weighted by Gasteiger charge is -2.13. The predicted octanol–water partition coefficient (Wildman–Crippen LogP) is 5.08. The third kappa shape index (κ3) is 5.19. The molecule has 0 heterocycles. The van der Waals surface area contributed by atoms with E-state index in [1.54, 1.807) is 0 Å². The Balaban J connectivity index is 0.00000180. The third-order valence-electron chi connectivity index (χ3n) is 2.50. The van der Waals surface area contributed by atoms with Crippen molar-refractivity contribution in [3.8, 4) is 0 Å². The molecule has 0 atom stereocenters. The van der Waals surface area contributed by atoms with Crippen molar-refractivity contribution in [1.29, 1.82) is 0 Å². The molecule has 0 aliphatic carbocycles. The highest BCUT2D eigenvalue weighted by atomic mass is 79.9. The summed E-state index contributed by atoms with van der Waals surface area (Å²) >= 11 is 5.28. The molecule has 2 aromatic rings. The molecule has 0 N–H and O–H groups in total. The van der Waals surface area contributed by atoms with E-state index in [2.05, 4.69) is 83.5 Å². The van der Waals surface area contributed by atoms with Crippen molar-refractivity contribution >= 4 is 40.1 Å². The first-order valence-electron chi connectivity index (χ1n) is 5.81. The first kappa shape index (κ1) is 16.6. The summed E-state index contributed by atoms with van der Waals surface area (Å²) in [5.41, 5.74) is 1.37. The van der Waals surface area contributed by atoms with Gasteiger partial charge in [0.2, 0.25) is 0 Å². The maximum atomic E-state index is 3.46. The van der Waals surface area contributed by atoms with Crippen molar-refractivity contribution in [1.82, 2.24) is 4.90 Å². The van der Waals surface area contributed by atoms with Crippen LogP contribution in [0.1, 0.15) is 5.56 Å². The highest BCUT2D eigenvalue weighted by Crippen LogP contribution is 2.31. The van der Waals surface area contributed by atoms with E-state index >= 15 is 0 Å². The molecule has 0 fully saturated rings. The fourth-order valence-electron chi connectivity index (χ4n) is 1.70. The largest absolute Gasteiger partial charge is 0.305 e. The summed E-state index contributed by atoms with van der Waals surface area (Å²) in [6, 6.07) is 17.0. The van der Waals surface area contributed by atoms with Crippen molar-refractivity contribution < 1.29 is 0 Å². The minimum absolute atomic E-state index is 0. The molecule has 0 aliphatic heterocycles. The van der Waals surface area contributed by atoms with Crippen LogP contribution >= 0.6 is 40.1 Å². The summed E-state index contributed by atoms with van der Waals surface area (Å²) in [5, 5.41) is 0. The molecule has 0 saturated carbocycles. The van der Waals surface area contributed by atoms with Gasteiger partial charge in [-0.2, -0.15) is 0 Å². The van der Waals surface area contributed by atoms with E-state index in [0.29, 0.717) is 0 Å². The molecule has 4 heteroatoms. The van der Waals surface area contributed by atoms with Gasteiger partial charge in [0.1, 0.15) is 0 Å². The molecule has 19 heavy (non-hydrogen) atoms. The normalized spacial score (nSPS) is 10.3. The van der Waals surface area contributed by atoms with Gasteiger partial charge in [-0.3, -0.25) is 0 Å². The van der Waals surface area contributed by atoms with Crippen molar-refractivity contribution in [2.45, 2.75) is 16.3 Å². The number of benzene rings is 2. The maximum Gasteiger partial charge on any atom is 0.0238 e. The SMILES string of the molecule is CN(C)Cc1ccccc1Sc1ccc(Br)cc1.Cl. The molecule has 0 aromatic heterocycles. The Bertz CT molecular complexity index is 514. The molecule has 1 nitrogen and oxygen atoms in total. The Morgan fingerprint density at radius 3 is 2.26 bits per heavy atom. The third-order valence-corrected chi connectivity index (χ3v) is 4.16. The van der Waals surface area contributed by atoms with Crippen LogP contribution in [-0.2, 0) is 6.54 Å². The fourth-order valence-corrected chi connectivity index (χ4v) is 2.91. The second kappa shape index (κ2) is 7.95. The lowest BCUT2D eigenvalue weighted by atomic mass is 10.2. The van der Waals surface area contributed by atoms with Gasteiger partial charge in [-0.25, -0.2) is 0 Å². The van der Waals surface area contributed by atoms with E-state index in [0.717, 1.165) is 11.0 Å². The van der Waals surface area contributed by atoms with Crippen molar-refractivity contribution in [2.24, 2.45) is 0 Å². The summed E-state index contributed by atoms with van der Waals surface area (Å²) in [7, 11) is 4.20. The Kier molecular flexibility index (Phi) is 6.94. The van der Waals surface area contributed by atoms with E-state index in [4.69, 9.17) is 0 Å². The van der Waals surface area contributed by atoms with Crippen LogP contribution in [0.3, 0.4) is 0 Å². The monoisotopic (exact) mass is 357 g/mol. The van der Waals surface area contributed by atoms with Crippen LogP contribution in [0.15, 0.2) is 62.8 Å². The molecule has 2 aromatic carbocycles. The van der Waals surface area contributed by atoms with Gasteiger partial charge in [-0.15, -0.1) is 12.4 Å². The van der Waals surface area contributed by atoms with Gasteiger partial charge in [0.05, 0.1) is 0 Å². The van der Waals surface area contributed by atoms with Gasteiger partial charge in [0.15, 0.2) is 0 Å². The van der Waals surface area contributed by atoms with E-state index in [9.17, 15) is 0 Å². The minimum Gasteiger partial charge on any atom is -0.305 e. The lowest BCUT2D eigenvalue weighted by molar-refractivity contribution is 0.399. The maximum absolute atomic E-state index is 3.46. The highest BCUT2D eigenvalue weighted by Gasteiger charge is 2.04. The van der Waals surface area contributed by atoms with Gasteiger partial charge in [0, 0.05) is 20.8 Å². The number of hydrogen-bond donors (Lipinski definition) is 0. The minimum atomic E-state index is 0. The topological polar surface area (TPSA) is 3.24 Å².